The molecule has 0 spiro atoms. The molecule has 2 aromatic rings. The second kappa shape index (κ2) is 8.53. The van der Waals surface area contributed by atoms with Gasteiger partial charge in [-0.1, -0.05) is 23.7 Å². The molecular weight excluding hydrogens is 338 g/mol. The number of benzene rings is 2. The molecule has 2 amide bonds. The van der Waals surface area contributed by atoms with Crippen molar-refractivity contribution in [1.82, 2.24) is 0 Å². The molecule has 0 aliphatic rings. The number of amides is 2. The van der Waals surface area contributed by atoms with Crippen LogP contribution in [-0.4, -0.2) is 24.9 Å². The van der Waals surface area contributed by atoms with Gasteiger partial charge in [-0.15, -0.1) is 0 Å². The average Bonchev–Trinajstić information content (AvgIpc) is 2.60. The highest BCUT2D eigenvalue weighted by atomic mass is 35.5. The molecule has 2 rings (SSSR count). The van der Waals surface area contributed by atoms with Gasteiger partial charge in [0.2, 0.25) is 0 Å². The molecule has 0 saturated carbocycles. The number of nitrogens with zero attached hydrogens (tertiary/aromatic N) is 1. The Morgan fingerprint density at radius 3 is 2.12 bits per heavy atom. The van der Waals surface area contributed by atoms with E-state index in [4.69, 9.17) is 11.6 Å². The summed E-state index contributed by atoms with van der Waals surface area (Å²) < 4.78 is 0. The number of rotatable bonds is 5. The van der Waals surface area contributed by atoms with Crippen LogP contribution in [0.5, 0.6) is 0 Å². The zero-order valence-electron chi connectivity index (χ0n) is 14.6. The highest BCUT2D eigenvalue weighted by molar-refractivity contribution is 6.44. The van der Waals surface area contributed by atoms with Gasteiger partial charge in [0, 0.05) is 24.5 Å². The first kappa shape index (κ1) is 18.8. The van der Waals surface area contributed by atoms with Crippen molar-refractivity contribution in [3.63, 3.8) is 0 Å². The molecule has 0 heterocycles. The van der Waals surface area contributed by atoms with Crippen LogP contribution in [0.1, 0.15) is 19.4 Å². The zero-order chi connectivity index (χ0) is 18.4. The fourth-order valence-corrected chi connectivity index (χ4v) is 2.68. The molecule has 0 aromatic heterocycles. The van der Waals surface area contributed by atoms with Crippen LogP contribution >= 0.6 is 11.6 Å². The second-order valence-corrected chi connectivity index (χ2v) is 5.97. The highest BCUT2D eigenvalue weighted by Crippen LogP contribution is 2.23. The van der Waals surface area contributed by atoms with Crippen LogP contribution in [0.15, 0.2) is 42.5 Å². The molecule has 0 fully saturated rings. The van der Waals surface area contributed by atoms with Crippen molar-refractivity contribution in [3.8, 4) is 0 Å². The van der Waals surface area contributed by atoms with E-state index in [1.165, 1.54) is 0 Å². The lowest BCUT2D eigenvalue weighted by molar-refractivity contribution is -0.133. The Kier molecular flexibility index (Phi) is 6.42. The van der Waals surface area contributed by atoms with E-state index in [0.29, 0.717) is 16.4 Å². The first-order valence-corrected chi connectivity index (χ1v) is 8.56. The van der Waals surface area contributed by atoms with E-state index >= 15 is 0 Å². The maximum absolute atomic E-state index is 12.1. The Hall–Kier alpha value is -2.53. The largest absolute Gasteiger partial charge is 0.372 e. The van der Waals surface area contributed by atoms with Gasteiger partial charge in [0.05, 0.1) is 10.7 Å². The quantitative estimate of drug-likeness (QED) is 0.791. The smallest absolute Gasteiger partial charge is 0.314 e. The minimum atomic E-state index is -0.764. The maximum atomic E-state index is 12.1. The summed E-state index contributed by atoms with van der Waals surface area (Å²) in [6.07, 6.45) is 0. The summed E-state index contributed by atoms with van der Waals surface area (Å²) in [5, 5.41) is 5.52. The number of halogens is 1. The number of carbonyl (C=O) groups is 2. The lowest BCUT2D eigenvalue weighted by Crippen LogP contribution is -2.29. The molecule has 0 bridgehead atoms. The van der Waals surface area contributed by atoms with Gasteiger partial charge >= 0.3 is 11.8 Å². The molecule has 0 aliphatic carbocycles. The van der Waals surface area contributed by atoms with Crippen LogP contribution in [0.2, 0.25) is 5.02 Å². The zero-order valence-corrected chi connectivity index (χ0v) is 15.4. The lowest BCUT2D eigenvalue weighted by atomic mass is 10.1. The van der Waals surface area contributed by atoms with E-state index in [1.807, 2.05) is 25.1 Å². The van der Waals surface area contributed by atoms with E-state index in [2.05, 4.69) is 29.4 Å². The fraction of sp³-hybridized carbons (Fsp3) is 0.263. The van der Waals surface area contributed by atoms with E-state index < -0.39 is 11.8 Å². The molecule has 2 aromatic carbocycles. The maximum Gasteiger partial charge on any atom is 0.314 e. The molecule has 5 nitrogen and oxygen atoms in total. The van der Waals surface area contributed by atoms with Gasteiger partial charge in [-0.3, -0.25) is 9.59 Å². The summed E-state index contributed by atoms with van der Waals surface area (Å²) in [6, 6.07) is 12.5. The highest BCUT2D eigenvalue weighted by Gasteiger charge is 2.16. The number of nitrogens with one attached hydrogen (secondary N) is 2. The predicted molar refractivity (Wildman–Crippen MR) is 103 cm³/mol. The first-order valence-electron chi connectivity index (χ1n) is 8.18. The van der Waals surface area contributed by atoms with E-state index in [9.17, 15) is 9.59 Å². The summed E-state index contributed by atoms with van der Waals surface area (Å²) >= 11 is 5.98. The van der Waals surface area contributed by atoms with Gasteiger partial charge < -0.3 is 15.5 Å². The molecule has 0 saturated heterocycles. The van der Waals surface area contributed by atoms with Gasteiger partial charge in [-0.05, 0) is 56.7 Å². The first-order chi connectivity index (χ1) is 12.0. The molecule has 25 heavy (non-hydrogen) atoms. The molecular formula is C19H22ClN3O2. The third-order valence-corrected chi connectivity index (χ3v) is 4.24. The van der Waals surface area contributed by atoms with E-state index in [0.717, 1.165) is 24.3 Å². The number of hydrogen-bond acceptors (Lipinski definition) is 3. The minimum Gasteiger partial charge on any atom is -0.372 e. The van der Waals surface area contributed by atoms with Gasteiger partial charge in [0.15, 0.2) is 0 Å². The minimum absolute atomic E-state index is 0.378. The summed E-state index contributed by atoms with van der Waals surface area (Å²) in [5.74, 6) is -1.50. The van der Waals surface area contributed by atoms with Crippen LogP contribution in [-0.2, 0) is 9.59 Å². The third-order valence-electron chi connectivity index (χ3n) is 3.92. The molecule has 0 unspecified atom stereocenters. The van der Waals surface area contributed by atoms with Crippen molar-refractivity contribution in [2.75, 3.05) is 28.6 Å². The monoisotopic (exact) mass is 359 g/mol. The molecule has 6 heteroatoms. The van der Waals surface area contributed by atoms with Crippen LogP contribution < -0.4 is 15.5 Å². The van der Waals surface area contributed by atoms with Crippen LogP contribution in [0.3, 0.4) is 0 Å². The number of para-hydroxylation sites is 1. The fourth-order valence-electron chi connectivity index (χ4n) is 2.49. The Morgan fingerprint density at radius 1 is 0.960 bits per heavy atom. The van der Waals surface area contributed by atoms with Crippen molar-refractivity contribution in [3.05, 3.63) is 53.1 Å². The third kappa shape index (κ3) is 4.73. The number of anilines is 3. The lowest BCUT2D eigenvalue weighted by Gasteiger charge is -2.22. The Morgan fingerprint density at radius 2 is 1.56 bits per heavy atom. The number of aryl methyl sites for hydroxylation is 1. The molecule has 0 atom stereocenters. The number of carbonyl (C=O) groups excluding carboxylic acids is 2. The average molecular weight is 360 g/mol. The summed E-state index contributed by atoms with van der Waals surface area (Å²) in [4.78, 5) is 26.4. The van der Waals surface area contributed by atoms with Crippen molar-refractivity contribution in [1.29, 1.82) is 0 Å². The molecule has 132 valence electrons. The summed E-state index contributed by atoms with van der Waals surface area (Å²) in [7, 11) is 0. The summed E-state index contributed by atoms with van der Waals surface area (Å²) in [6.45, 7) is 7.89. The second-order valence-electron chi connectivity index (χ2n) is 5.56. The number of hydrogen-bond donors (Lipinski definition) is 2. The van der Waals surface area contributed by atoms with Crippen molar-refractivity contribution < 1.29 is 9.59 Å². The Bertz CT molecular complexity index is 773. The van der Waals surface area contributed by atoms with E-state index in [1.54, 1.807) is 24.3 Å². The van der Waals surface area contributed by atoms with Crippen molar-refractivity contribution in [2.24, 2.45) is 0 Å². The van der Waals surface area contributed by atoms with Gasteiger partial charge in [0.1, 0.15) is 0 Å². The molecule has 0 aliphatic heterocycles. The van der Waals surface area contributed by atoms with Gasteiger partial charge in [-0.2, -0.15) is 0 Å². The van der Waals surface area contributed by atoms with Crippen molar-refractivity contribution >= 4 is 40.5 Å². The standard InChI is InChI=1S/C19H22ClN3O2/c1-4-23(5-2)14-10-11-16(13(3)12-14)21-18(24)19(25)22-17-9-7-6-8-15(17)20/h6-12H,4-5H2,1-3H3,(H,21,24)(H,22,25). The Balaban J connectivity index is 2.07. The van der Waals surface area contributed by atoms with Crippen LogP contribution in [0.4, 0.5) is 17.1 Å². The van der Waals surface area contributed by atoms with Crippen LogP contribution in [0.25, 0.3) is 0 Å². The normalized spacial score (nSPS) is 10.2. The summed E-state index contributed by atoms with van der Waals surface area (Å²) in [5.41, 5.74) is 2.98. The van der Waals surface area contributed by atoms with Crippen LogP contribution in [0, 0.1) is 6.92 Å². The van der Waals surface area contributed by atoms with Crippen molar-refractivity contribution in [2.45, 2.75) is 20.8 Å². The van der Waals surface area contributed by atoms with E-state index in [-0.39, 0.29) is 0 Å². The predicted octanol–water partition coefficient (Wildman–Crippen LogP) is 4.07. The molecule has 0 radical (unpaired) electrons. The Labute approximate surface area is 153 Å². The molecule has 2 N–H and O–H groups in total. The SMILES string of the molecule is CCN(CC)c1ccc(NC(=O)C(=O)Nc2ccccc2Cl)c(C)c1. The van der Waals surface area contributed by atoms with Gasteiger partial charge in [-0.25, -0.2) is 0 Å². The topological polar surface area (TPSA) is 61.4 Å². The van der Waals surface area contributed by atoms with Gasteiger partial charge in [0.25, 0.3) is 0 Å².